The summed E-state index contributed by atoms with van der Waals surface area (Å²) in [4.78, 5) is 0. The van der Waals surface area contributed by atoms with Crippen molar-refractivity contribution in [3.05, 3.63) is 11.8 Å². The van der Waals surface area contributed by atoms with Gasteiger partial charge in [0.15, 0.2) is 0 Å². The SMILES string of the molecule is COc1cc(C)nn1C(F)F. The number of ether oxygens (including phenoxy) is 1. The van der Waals surface area contributed by atoms with Gasteiger partial charge in [0.1, 0.15) is 0 Å². The maximum Gasteiger partial charge on any atom is 0.336 e. The van der Waals surface area contributed by atoms with Gasteiger partial charge in [-0.25, -0.2) is 0 Å². The van der Waals surface area contributed by atoms with E-state index in [1.807, 2.05) is 0 Å². The summed E-state index contributed by atoms with van der Waals surface area (Å²) in [6, 6.07) is 1.45. The molecular weight excluding hydrogens is 154 g/mol. The Balaban J connectivity index is 3.02. The second-order valence-electron chi connectivity index (χ2n) is 2.05. The monoisotopic (exact) mass is 162 g/mol. The molecule has 0 aromatic carbocycles. The average Bonchev–Trinajstić information content (AvgIpc) is 2.30. The summed E-state index contributed by atoms with van der Waals surface area (Å²) in [5.41, 5.74) is 0.516. The lowest BCUT2D eigenvalue weighted by Crippen LogP contribution is -2.02. The van der Waals surface area contributed by atoms with Crippen LogP contribution in [0.5, 0.6) is 5.88 Å². The van der Waals surface area contributed by atoms with Crippen molar-refractivity contribution in [3.63, 3.8) is 0 Å². The smallest absolute Gasteiger partial charge is 0.336 e. The largest absolute Gasteiger partial charge is 0.481 e. The van der Waals surface area contributed by atoms with Crippen LogP contribution in [0.2, 0.25) is 0 Å². The highest BCUT2D eigenvalue weighted by Gasteiger charge is 2.13. The number of alkyl halides is 2. The molecule has 0 radical (unpaired) electrons. The zero-order valence-corrected chi connectivity index (χ0v) is 6.21. The molecule has 0 aliphatic carbocycles. The first-order valence-electron chi connectivity index (χ1n) is 3.03. The number of rotatable bonds is 2. The van der Waals surface area contributed by atoms with E-state index < -0.39 is 6.55 Å². The van der Waals surface area contributed by atoms with E-state index in [1.165, 1.54) is 13.2 Å². The molecule has 0 spiro atoms. The molecule has 0 amide bonds. The molecule has 1 heterocycles. The van der Waals surface area contributed by atoms with Gasteiger partial charge in [-0.2, -0.15) is 18.6 Å². The van der Waals surface area contributed by atoms with Crippen molar-refractivity contribution >= 4 is 0 Å². The molecule has 0 aliphatic heterocycles. The fourth-order valence-corrected chi connectivity index (χ4v) is 0.785. The summed E-state index contributed by atoms with van der Waals surface area (Å²) in [5, 5.41) is 3.52. The van der Waals surface area contributed by atoms with E-state index in [9.17, 15) is 8.78 Å². The quantitative estimate of drug-likeness (QED) is 0.660. The van der Waals surface area contributed by atoms with Crippen molar-refractivity contribution in [1.82, 2.24) is 9.78 Å². The van der Waals surface area contributed by atoms with E-state index in [0.717, 1.165) is 0 Å². The van der Waals surface area contributed by atoms with Crippen molar-refractivity contribution in [2.75, 3.05) is 7.11 Å². The van der Waals surface area contributed by atoms with Gasteiger partial charge in [0.2, 0.25) is 5.88 Å². The first kappa shape index (κ1) is 7.97. The Bertz CT molecular complexity index is 247. The molecule has 0 unspecified atom stereocenters. The van der Waals surface area contributed by atoms with Gasteiger partial charge in [-0.15, -0.1) is 0 Å². The van der Waals surface area contributed by atoms with Crippen LogP contribution < -0.4 is 4.74 Å². The Kier molecular flexibility index (Phi) is 2.07. The topological polar surface area (TPSA) is 27.1 Å². The minimum Gasteiger partial charge on any atom is -0.481 e. The number of aromatic nitrogens is 2. The second-order valence-corrected chi connectivity index (χ2v) is 2.05. The highest BCUT2D eigenvalue weighted by Crippen LogP contribution is 2.19. The molecule has 11 heavy (non-hydrogen) atoms. The summed E-state index contributed by atoms with van der Waals surface area (Å²) < 4.78 is 29.3. The summed E-state index contributed by atoms with van der Waals surface area (Å²) in [6.07, 6.45) is 0. The van der Waals surface area contributed by atoms with Gasteiger partial charge >= 0.3 is 6.55 Å². The third kappa shape index (κ3) is 1.47. The third-order valence-electron chi connectivity index (χ3n) is 1.22. The lowest BCUT2D eigenvalue weighted by molar-refractivity contribution is 0.0476. The predicted molar refractivity (Wildman–Crippen MR) is 34.8 cm³/mol. The minimum absolute atomic E-state index is 0.0810. The van der Waals surface area contributed by atoms with Gasteiger partial charge < -0.3 is 4.74 Å². The molecule has 0 N–H and O–H groups in total. The fraction of sp³-hybridized carbons (Fsp3) is 0.500. The van der Waals surface area contributed by atoms with E-state index in [4.69, 9.17) is 0 Å². The molecule has 1 aromatic heterocycles. The number of nitrogens with zero attached hydrogens (tertiary/aromatic N) is 2. The molecular formula is C6H8F2N2O. The van der Waals surface area contributed by atoms with Crippen molar-refractivity contribution in [2.24, 2.45) is 0 Å². The van der Waals surface area contributed by atoms with E-state index in [1.54, 1.807) is 6.92 Å². The van der Waals surface area contributed by atoms with Crippen LogP contribution in [-0.4, -0.2) is 16.9 Å². The number of hydrogen-bond donors (Lipinski definition) is 0. The van der Waals surface area contributed by atoms with Crippen LogP contribution in [-0.2, 0) is 0 Å². The molecule has 62 valence electrons. The van der Waals surface area contributed by atoms with Gasteiger partial charge in [0.05, 0.1) is 12.8 Å². The Morgan fingerprint density at radius 1 is 1.64 bits per heavy atom. The Morgan fingerprint density at radius 3 is 2.64 bits per heavy atom. The molecule has 5 heteroatoms. The van der Waals surface area contributed by atoms with Crippen LogP contribution in [0, 0.1) is 6.92 Å². The van der Waals surface area contributed by atoms with Gasteiger partial charge in [0.25, 0.3) is 0 Å². The van der Waals surface area contributed by atoms with Crippen molar-refractivity contribution in [2.45, 2.75) is 13.5 Å². The number of halogens is 2. The molecule has 0 bridgehead atoms. The van der Waals surface area contributed by atoms with Crippen LogP contribution in [0.15, 0.2) is 6.07 Å². The van der Waals surface area contributed by atoms with Crippen molar-refractivity contribution in [3.8, 4) is 5.88 Å². The van der Waals surface area contributed by atoms with Gasteiger partial charge in [0, 0.05) is 6.07 Å². The molecule has 0 saturated carbocycles. The normalized spacial score (nSPS) is 10.6. The van der Waals surface area contributed by atoms with Crippen LogP contribution in [0.3, 0.4) is 0 Å². The maximum atomic E-state index is 12.0. The van der Waals surface area contributed by atoms with Crippen LogP contribution in [0.25, 0.3) is 0 Å². The number of hydrogen-bond acceptors (Lipinski definition) is 2. The highest BCUT2D eigenvalue weighted by molar-refractivity contribution is 5.14. The molecule has 3 nitrogen and oxygen atoms in total. The second kappa shape index (κ2) is 2.86. The van der Waals surface area contributed by atoms with E-state index in [-0.39, 0.29) is 5.88 Å². The fourth-order valence-electron chi connectivity index (χ4n) is 0.785. The predicted octanol–water partition coefficient (Wildman–Crippen LogP) is 1.60. The lowest BCUT2D eigenvalue weighted by Gasteiger charge is -2.02. The lowest BCUT2D eigenvalue weighted by atomic mass is 10.5. The molecule has 1 rings (SSSR count). The summed E-state index contributed by atoms with van der Waals surface area (Å²) >= 11 is 0. The maximum absolute atomic E-state index is 12.0. The summed E-state index contributed by atoms with van der Waals surface area (Å²) in [5.74, 6) is 0.0810. The van der Waals surface area contributed by atoms with E-state index in [2.05, 4.69) is 9.84 Å². The third-order valence-corrected chi connectivity index (χ3v) is 1.22. The standard InChI is InChI=1S/C6H8F2N2O/c1-4-3-5(11-2)10(9-4)6(7)8/h3,6H,1-2H3. The molecule has 0 saturated heterocycles. The average molecular weight is 162 g/mol. The van der Waals surface area contributed by atoms with Crippen LogP contribution in [0.1, 0.15) is 12.2 Å². The first-order chi connectivity index (χ1) is 5.15. The van der Waals surface area contributed by atoms with Gasteiger partial charge in [-0.3, -0.25) is 0 Å². The molecule has 1 aromatic rings. The molecule has 0 fully saturated rings. The summed E-state index contributed by atoms with van der Waals surface area (Å²) in [6.45, 7) is -1.01. The van der Waals surface area contributed by atoms with Gasteiger partial charge in [-0.1, -0.05) is 0 Å². The highest BCUT2D eigenvalue weighted by atomic mass is 19.3. The Labute approximate surface area is 62.6 Å². The summed E-state index contributed by atoms with van der Waals surface area (Å²) in [7, 11) is 1.33. The van der Waals surface area contributed by atoms with Crippen LogP contribution in [0.4, 0.5) is 8.78 Å². The van der Waals surface area contributed by atoms with Crippen molar-refractivity contribution < 1.29 is 13.5 Å². The Hall–Kier alpha value is -1.13. The van der Waals surface area contributed by atoms with Gasteiger partial charge in [-0.05, 0) is 6.92 Å². The molecule has 0 atom stereocenters. The van der Waals surface area contributed by atoms with E-state index >= 15 is 0 Å². The van der Waals surface area contributed by atoms with E-state index in [0.29, 0.717) is 10.4 Å². The number of aryl methyl sites for hydroxylation is 1. The van der Waals surface area contributed by atoms with Crippen molar-refractivity contribution in [1.29, 1.82) is 0 Å². The zero-order valence-electron chi connectivity index (χ0n) is 6.21. The minimum atomic E-state index is -2.64. The van der Waals surface area contributed by atoms with Crippen LogP contribution >= 0.6 is 0 Å². The first-order valence-corrected chi connectivity index (χ1v) is 3.03. The molecule has 0 aliphatic rings. The number of methoxy groups -OCH3 is 1. The zero-order chi connectivity index (χ0) is 8.43. The Morgan fingerprint density at radius 2 is 2.27 bits per heavy atom.